The Hall–Kier alpha value is -2.66. The van der Waals surface area contributed by atoms with Gasteiger partial charge in [-0.25, -0.2) is 0 Å². The van der Waals surface area contributed by atoms with Gasteiger partial charge in [0.15, 0.2) is 0 Å². The van der Waals surface area contributed by atoms with Crippen LogP contribution in [-0.4, -0.2) is 22.3 Å². The van der Waals surface area contributed by atoms with E-state index in [9.17, 15) is 4.79 Å². The van der Waals surface area contributed by atoms with Gasteiger partial charge in [-0.3, -0.25) is 9.78 Å². The van der Waals surface area contributed by atoms with Gasteiger partial charge >= 0.3 is 0 Å². The molecule has 1 fully saturated rings. The first-order valence-electron chi connectivity index (χ1n) is 10.3. The summed E-state index contributed by atoms with van der Waals surface area (Å²) in [6.45, 7) is 4.75. The molecule has 2 heterocycles. The van der Waals surface area contributed by atoms with Crippen molar-refractivity contribution in [2.75, 3.05) is 11.5 Å². The van der Waals surface area contributed by atoms with Crippen molar-refractivity contribution in [1.82, 2.24) is 4.98 Å². The normalized spacial score (nSPS) is 18.2. The van der Waals surface area contributed by atoms with Crippen LogP contribution in [0.1, 0.15) is 35.3 Å². The number of halogens is 1. The number of aryl methyl sites for hydroxylation is 2. The lowest BCUT2D eigenvalue weighted by Crippen LogP contribution is -2.56. The van der Waals surface area contributed by atoms with Crippen LogP contribution < -0.4 is 9.64 Å². The molecule has 0 N–H and O–H groups in total. The fourth-order valence-corrected chi connectivity index (χ4v) is 4.37. The Bertz CT molecular complexity index is 1000. The molecule has 2 aromatic carbocycles. The van der Waals surface area contributed by atoms with E-state index in [1.807, 2.05) is 66.6 Å². The second-order valence-electron chi connectivity index (χ2n) is 7.57. The molecule has 1 saturated heterocycles. The molecule has 1 amide bonds. The molecule has 1 aliphatic heterocycles. The van der Waals surface area contributed by atoms with Crippen molar-refractivity contribution in [1.29, 1.82) is 0 Å². The molecule has 4 rings (SSSR count). The van der Waals surface area contributed by atoms with Gasteiger partial charge in [-0.15, -0.1) is 0 Å². The van der Waals surface area contributed by atoms with Gasteiger partial charge in [0, 0.05) is 24.0 Å². The predicted molar refractivity (Wildman–Crippen MR) is 123 cm³/mol. The summed E-state index contributed by atoms with van der Waals surface area (Å²) in [6, 6.07) is 20.2. The Labute approximate surface area is 186 Å². The number of ether oxygens (including phenoxy) is 1. The molecular weight excluding hydrogens is 440 g/mol. The van der Waals surface area contributed by atoms with Crippen LogP contribution in [0, 0.1) is 6.92 Å². The molecule has 0 saturated carbocycles. The topological polar surface area (TPSA) is 42.4 Å². The van der Waals surface area contributed by atoms with Gasteiger partial charge in [0.2, 0.25) is 5.91 Å². The summed E-state index contributed by atoms with van der Waals surface area (Å²) in [5, 5.41) is 0. The van der Waals surface area contributed by atoms with E-state index in [0.717, 1.165) is 35.5 Å². The maximum absolute atomic E-state index is 12.5. The first-order chi connectivity index (χ1) is 14.6. The van der Waals surface area contributed by atoms with Gasteiger partial charge in [0.05, 0.1) is 12.6 Å². The molecule has 1 aromatic heterocycles. The number of carbonyl (C=O) groups excluding carboxylic acids is 1. The predicted octanol–water partition coefficient (Wildman–Crippen LogP) is 5.43. The largest absolute Gasteiger partial charge is 0.493 e. The molecule has 4 nitrogen and oxygen atoms in total. The number of pyridine rings is 1. The van der Waals surface area contributed by atoms with Gasteiger partial charge in [0.1, 0.15) is 10.6 Å². The molecule has 0 bridgehead atoms. The SMILES string of the molecule is CCc1ccc(CCOc2ccc(C3C(Br)C(=O)N3c3ccc(C)cc3)cc2)nc1. The van der Waals surface area contributed by atoms with Crippen molar-refractivity contribution < 1.29 is 9.53 Å². The Morgan fingerprint density at radius 2 is 1.77 bits per heavy atom. The average molecular weight is 465 g/mol. The number of nitrogens with zero attached hydrogens (tertiary/aromatic N) is 2. The summed E-state index contributed by atoms with van der Waals surface area (Å²) in [5.74, 6) is 0.911. The van der Waals surface area contributed by atoms with Crippen LogP contribution in [0.2, 0.25) is 0 Å². The van der Waals surface area contributed by atoms with Gasteiger partial charge < -0.3 is 9.64 Å². The lowest BCUT2D eigenvalue weighted by atomic mass is 9.92. The van der Waals surface area contributed by atoms with Crippen LogP contribution in [-0.2, 0) is 17.6 Å². The van der Waals surface area contributed by atoms with Crippen LogP contribution in [0.5, 0.6) is 5.75 Å². The highest BCUT2D eigenvalue weighted by atomic mass is 79.9. The first-order valence-corrected chi connectivity index (χ1v) is 11.2. The molecule has 2 unspecified atom stereocenters. The fraction of sp³-hybridized carbons (Fsp3) is 0.280. The molecule has 1 aliphatic rings. The third-order valence-corrected chi connectivity index (χ3v) is 6.38. The van der Waals surface area contributed by atoms with E-state index in [4.69, 9.17) is 4.74 Å². The summed E-state index contributed by atoms with van der Waals surface area (Å²) >= 11 is 3.55. The molecule has 30 heavy (non-hydrogen) atoms. The molecule has 154 valence electrons. The Morgan fingerprint density at radius 3 is 2.40 bits per heavy atom. The van der Waals surface area contributed by atoms with Crippen LogP contribution >= 0.6 is 15.9 Å². The second-order valence-corrected chi connectivity index (χ2v) is 8.56. The lowest BCUT2D eigenvalue weighted by molar-refractivity contribution is -0.123. The van der Waals surface area contributed by atoms with Gasteiger partial charge in [-0.05, 0) is 54.8 Å². The van der Waals surface area contributed by atoms with E-state index in [1.165, 1.54) is 11.1 Å². The number of β-lactam (4-membered cyclic amide) rings is 1. The summed E-state index contributed by atoms with van der Waals surface area (Å²) in [4.78, 5) is 18.6. The van der Waals surface area contributed by atoms with Crippen molar-refractivity contribution in [3.63, 3.8) is 0 Å². The van der Waals surface area contributed by atoms with Gasteiger partial charge in [0.25, 0.3) is 0 Å². The number of anilines is 1. The number of hydrogen-bond donors (Lipinski definition) is 0. The molecule has 0 spiro atoms. The summed E-state index contributed by atoms with van der Waals surface area (Å²) < 4.78 is 5.89. The van der Waals surface area contributed by atoms with E-state index in [1.54, 1.807) is 0 Å². The summed E-state index contributed by atoms with van der Waals surface area (Å²) in [7, 11) is 0. The number of carbonyl (C=O) groups is 1. The van der Waals surface area contributed by atoms with E-state index >= 15 is 0 Å². The third-order valence-electron chi connectivity index (χ3n) is 5.48. The van der Waals surface area contributed by atoms with Crippen LogP contribution in [0.25, 0.3) is 0 Å². The number of amides is 1. The molecule has 0 aliphatic carbocycles. The highest BCUT2D eigenvalue weighted by Gasteiger charge is 2.47. The van der Waals surface area contributed by atoms with Crippen molar-refractivity contribution in [2.24, 2.45) is 0 Å². The maximum atomic E-state index is 12.5. The number of aromatic nitrogens is 1. The minimum atomic E-state index is -0.206. The molecule has 3 aromatic rings. The lowest BCUT2D eigenvalue weighted by Gasteiger charge is -2.45. The van der Waals surface area contributed by atoms with E-state index in [0.29, 0.717) is 6.61 Å². The van der Waals surface area contributed by atoms with Crippen molar-refractivity contribution in [3.8, 4) is 5.75 Å². The van der Waals surface area contributed by atoms with E-state index in [2.05, 4.69) is 40.0 Å². The van der Waals surface area contributed by atoms with E-state index in [-0.39, 0.29) is 16.8 Å². The van der Waals surface area contributed by atoms with Crippen LogP contribution in [0.15, 0.2) is 66.9 Å². The Kier molecular flexibility index (Phi) is 6.18. The monoisotopic (exact) mass is 464 g/mol. The standard InChI is InChI=1S/C25H25BrN2O2/c1-3-18-6-9-20(27-16-18)14-15-30-22-12-7-19(8-13-22)24-23(26)25(29)28(24)21-10-4-17(2)5-11-21/h4-13,16,23-24H,3,14-15H2,1-2H3. The molecule has 5 heteroatoms. The highest BCUT2D eigenvalue weighted by molar-refractivity contribution is 9.10. The average Bonchev–Trinajstić information content (AvgIpc) is 2.79. The minimum absolute atomic E-state index is 0.0180. The Balaban J connectivity index is 1.38. The second kappa shape index (κ2) is 9.00. The van der Waals surface area contributed by atoms with Crippen LogP contribution in [0.4, 0.5) is 5.69 Å². The molecule has 0 radical (unpaired) electrons. The van der Waals surface area contributed by atoms with Crippen molar-refractivity contribution in [3.05, 3.63) is 89.2 Å². The summed E-state index contributed by atoms with van der Waals surface area (Å²) in [6.07, 6.45) is 3.70. The number of hydrogen-bond acceptors (Lipinski definition) is 3. The number of rotatable bonds is 7. The fourth-order valence-electron chi connectivity index (χ4n) is 3.61. The molecular formula is C25H25BrN2O2. The van der Waals surface area contributed by atoms with Crippen molar-refractivity contribution in [2.45, 2.75) is 37.6 Å². The molecule has 2 atom stereocenters. The quantitative estimate of drug-likeness (QED) is 0.346. The zero-order valence-electron chi connectivity index (χ0n) is 17.2. The van der Waals surface area contributed by atoms with Crippen molar-refractivity contribution >= 4 is 27.5 Å². The number of benzene rings is 2. The minimum Gasteiger partial charge on any atom is -0.493 e. The summed E-state index contributed by atoms with van der Waals surface area (Å²) in [5.41, 5.74) is 5.47. The van der Waals surface area contributed by atoms with Gasteiger partial charge in [-0.1, -0.05) is 58.7 Å². The Morgan fingerprint density at radius 1 is 1.03 bits per heavy atom. The number of alkyl halides is 1. The maximum Gasteiger partial charge on any atom is 0.243 e. The first kappa shape index (κ1) is 20.6. The zero-order chi connectivity index (χ0) is 21.1. The van der Waals surface area contributed by atoms with Crippen LogP contribution in [0.3, 0.4) is 0 Å². The van der Waals surface area contributed by atoms with E-state index < -0.39 is 0 Å². The third kappa shape index (κ3) is 4.26. The smallest absolute Gasteiger partial charge is 0.243 e. The zero-order valence-corrected chi connectivity index (χ0v) is 18.8. The van der Waals surface area contributed by atoms with Gasteiger partial charge in [-0.2, -0.15) is 0 Å². The highest BCUT2D eigenvalue weighted by Crippen LogP contribution is 2.43.